The van der Waals surface area contributed by atoms with Gasteiger partial charge in [-0.2, -0.15) is 5.10 Å². The number of H-pyrrole nitrogens is 1. The molecule has 118 valence electrons. The second-order valence-corrected chi connectivity index (χ2v) is 5.85. The third-order valence-corrected chi connectivity index (χ3v) is 4.24. The Bertz CT molecular complexity index is 641. The largest absolute Gasteiger partial charge is 0.371 e. The molecule has 1 aliphatic rings. The van der Waals surface area contributed by atoms with Crippen LogP contribution < -0.4 is 10.2 Å². The molecule has 2 heterocycles. The number of nitrogens with zero attached hydrogens (tertiary/aromatic N) is 2. The van der Waals surface area contributed by atoms with Gasteiger partial charge in [0.15, 0.2) is 11.6 Å². The molecular formula is C16H20F2N4. The fraction of sp³-hybridized carbons (Fsp3) is 0.438. The standard InChI is InChI=1S/C16H20F2N4/c1-11-13(9-20-21-11)8-19-7-12-4-5-22(10-12)14-2-3-15(17)16(18)6-14/h2-3,6,9,12,19H,4-5,7-8,10H2,1H3,(H,20,21)/t12-/m0/s1. The number of rotatable bonds is 5. The minimum absolute atomic E-state index is 0.514. The first-order chi connectivity index (χ1) is 10.6. The summed E-state index contributed by atoms with van der Waals surface area (Å²) in [5, 5.41) is 10.4. The molecule has 2 N–H and O–H groups in total. The highest BCUT2D eigenvalue weighted by Gasteiger charge is 2.23. The Kier molecular flexibility index (Phi) is 4.38. The van der Waals surface area contributed by atoms with Gasteiger partial charge in [-0.1, -0.05) is 0 Å². The van der Waals surface area contributed by atoms with Crippen LogP contribution >= 0.6 is 0 Å². The number of nitrogens with one attached hydrogen (secondary N) is 2. The maximum Gasteiger partial charge on any atom is 0.160 e. The Morgan fingerprint density at radius 2 is 2.23 bits per heavy atom. The van der Waals surface area contributed by atoms with E-state index in [1.54, 1.807) is 6.07 Å². The van der Waals surface area contributed by atoms with Crippen LogP contribution in [0.3, 0.4) is 0 Å². The van der Waals surface area contributed by atoms with Gasteiger partial charge in [0.2, 0.25) is 0 Å². The van der Waals surface area contributed by atoms with Gasteiger partial charge in [0, 0.05) is 49.2 Å². The smallest absolute Gasteiger partial charge is 0.160 e. The Morgan fingerprint density at radius 1 is 1.36 bits per heavy atom. The van der Waals surface area contributed by atoms with Crippen molar-refractivity contribution in [2.75, 3.05) is 24.5 Å². The zero-order chi connectivity index (χ0) is 15.5. The van der Waals surface area contributed by atoms with E-state index >= 15 is 0 Å². The summed E-state index contributed by atoms with van der Waals surface area (Å²) in [7, 11) is 0. The van der Waals surface area contributed by atoms with Crippen LogP contribution in [0.5, 0.6) is 0 Å². The molecule has 1 aromatic heterocycles. The fourth-order valence-electron chi connectivity index (χ4n) is 2.88. The molecule has 0 saturated carbocycles. The second kappa shape index (κ2) is 6.44. The molecule has 1 saturated heterocycles. The van der Waals surface area contributed by atoms with Crippen molar-refractivity contribution in [2.45, 2.75) is 19.9 Å². The zero-order valence-corrected chi connectivity index (χ0v) is 12.6. The van der Waals surface area contributed by atoms with Crippen LogP contribution in [0.15, 0.2) is 24.4 Å². The SMILES string of the molecule is Cc1[nH]ncc1CNC[C@@H]1CCN(c2ccc(F)c(F)c2)C1. The molecule has 0 amide bonds. The van der Waals surface area contributed by atoms with Gasteiger partial charge in [-0.15, -0.1) is 0 Å². The van der Waals surface area contributed by atoms with Crippen molar-refractivity contribution in [2.24, 2.45) is 5.92 Å². The quantitative estimate of drug-likeness (QED) is 0.892. The summed E-state index contributed by atoms with van der Waals surface area (Å²) in [6, 6.07) is 4.11. The summed E-state index contributed by atoms with van der Waals surface area (Å²) in [6.45, 7) is 5.45. The van der Waals surface area contributed by atoms with Gasteiger partial charge in [0.05, 0.1) is 6.20 Å². The third kappa shape index (κ3) is 3.27. The van der Waals surface area contributed by atoms with E-state index in [4.69, 9.17) is 0 Å². The average Bonchev–Trinajstić information content (AvgIpc) is 3.12. The lowest BCUT2D eigenvalue weighted by atomic mass is 10.1. The first kappa shape index (κ1) is 15.0. The minimum Gasteiger partial charge on any atom is -0.371 e. The summed E-state index contributed by atoms with van der Waals surface area (Å²) in [5.74, 6) is -1.06. The summed E-state index contributed by atoms with van der Waals surface area (Å²) in [4.78, 5) is 2.11. The molecule has 0 aliphatic carbocycles. The molecule has 1 aromatic carbocycles. The van der Waals surface area contributed by atoms with Gasteiger partial charge < -0.3 is 10.2 Å². The third-order valence-electron chi connectivity index (χ3n) is 4.24. The summed E-state index contributed by atoms with van der Waals surface area (Å²) in [6.07, 6.45) is 2.89. The minimum atomic E-state index is -0.795. The first-order valence-corrected chi connectivity index (χ1v) is 7.53. The average molecular weight is 306 g/mol. The van der Waals surface area contributed by atoms with Gasteiger partial charge >= 0.3 is 0 Å². The molecule has 1 fully saturated rings. The highest BCUT2D eigenvalue weighted by atomic mass is 19.2. The Labute approximate surface area is 128 Å². The topological polar surface area (TPSA) is 44.0 Å². The van der Waals surface area contributed by atoms with E-state index in [1.807, 2.05) is 13.1 Å². The number of aryl methyl sites for hydroxylation is 1. The summed E-state index contributed by atoms with van der Waals surface area (Å²) >= 11 is 0. The van der Waals surface area contributed by atoms with Gasteiger partial charge in [-0.05, 0) is 31.4 Å². The molecule has 0 unspecified atom stereocenters. The highest BCUT2D eigenvalue weighted by molar-refractivity contribution is 5.47. The van der Waals surface area contributed by atoms with E-state index in [-0.39, 0.29) is 0 Å². The molecule has 22 heavy (non-hydrogen) atoms. The number of anilines is 1. The fourth-order valence-corrected chi connectivity index (χ4v) is 2.88. The van der Waals surface area contributed by atoms with Gasteiger partial charge in [0.25, 0.3) is 0 Å². The Balaban J connectivity index is 1.49. The number of hydrogen-bond donors (Lipinski definition) is 2. The number of aromatic nitrogens is 2. The van der Waals surface area contributed by atoms with Crippen molar-refractivity contribution in [1.82, 2.24) is 15.5 Å². The molecule has 0 spiro atoms. The van der Waals surface area contributed by atoms with Crippen LogP contribution in [0.4, 0.5) is 14.5 Å². The van der Waals surface area contributed by atoms with Crippen molar-refractivity contribution in [3.63, 3.8) is 0 Å². The van der Waals surface area contributed by atoms with Crippen molar-refractivity contribution >= 4 is 5.69 Å². The summed E-state index contributed by atoms with van der Waals surface area (Å²) in [5.41, 5.74) is 3.02. The van der Waals surface area contributed by atoms with Crippen LogP contribution in [-0.4, -0.2) is 29.8 Å². The molecule has 1 atom stereocenters. The number of halogens is 2. The summed E-state index contributed by atoms with van der Waals surface area (Å²) < 4.78 is 26.3. The van der Waals surface area contributed by atoms with E-state index in [1.165, 1.54) is 17.7 Å². The number of aromatic amines is 1. The van der Waals surface area contributed by atoms with E-state index in [0.717, 1.165) is 44.0 Å². The molecule has 6 heteroatoms. The van der Waals surface area contributed by atoms with Gasteiger partial charge in [0.1, 0.15) is 0 Å². The van der Waals surface area contributed by atoms with Crippen LogP contribution in [0.25, 0.3) is 0 Å². The van der Waals surface area contributed by atoms with E-state index in [0.29, 0.717) is 5.92 Å². The predicted octanol–water partition coefficient (Wildman–Crippen LogP) is 2.61. The monoisotopic (exact) mass is 306 g/mol. The maximum atomic E-state index is 13.3. The molecule has 0 bridgehead atoms. The molecule has 1 aliphatic heterocycles. The van der Waals surface area contributed by atoms with E-state index < -0.39 is 11.6 Å². The molecule has 2 aromatic rings. The normalized spacial score (nSPS) is 18.1. The number of hydrogen-bond acceptors (Lipinski definition) is 3. The second-order valence-electron chi connectivity index (χ2n) is 5.85. The van der Waals surface area contributed by atoms with Crippen LogP contribution in [0.1, 0.15) is 17.7 Å². The van der Waals surface area contributed by atoms with Crippen molar-refractivity contribution < 1.29 is 8.78 Å². The molecule has 0 radical (unpaired) electrons. The predicted molar refractivity (Wildman–Crippen MR) is 81.7 cm³/mol. The van der Waals surface area contributed by atoms with Gasteiger partial charge in [-0.25, -0.2) is 8.78 Å². The van der Waals surface area contributed by atoms with Crippen molar-refractivity contribution in [3.05, 3.63) is 47.3 Å². The number of benzene rings is 1. The molecular weight excluding hydrogens is 286 g/mol. The van der Waals surface area contributed by atoms with E-state index in [2.05, 4.69) is 20.4 Å². The molecule has 3 rings (SSSR count). The van der Waals surface area contributed by atoms with Crippen molar-refractivity contribution in [3.8, 4) is 0 Å². The highest BCUT2D eigenvalue weighted by Crippen LogP contribution is 2.25. The lowest BCUT2D eigenvalue weighted by Gasteiger charge is -2.19. The van der Waals surface area contributed by atoms with Gasteiger partial charge in [-0.3, -0.25) is 5.10 Å². The molecule has 4 nitrogen and oxygen atoms in total. The maximum absolute atomic E-state index is 13.3. The van der Waals surface area contributed by atoms with Crippen LogP contribution in [0, 0.1) is 24.5 Å². The zero-order valence-electron chi connectivity index (χ0n) is 12.6. The van der Waals surface area contributed by atoms with Crippen LogP contribution in [0.2, 0.25) is 0 Å². The first-order valence-electron chi connectivity index (χ1n) is 7.53. The van der Waals surface area contributed by atoms with E-state index in [9.17, 15) is 8.78 Å². The lowest BCUT2D eigenvalue weighted by Crippen LogP contribution is -2.26. The van der Waals surface area contributed by atoms with Crippen molar-refractivity contribution in [1.29, 1.82) is 0 Å². The Hall–Kier alpha value is -1.95. The lowest BCUT2D eigenvalue weighted by molar-refractivity contribution is 0.507. The van der Waals surface area contributed by atoms with Crippen LogP contribution in [-0.2, 0) is 6.54 Å². The Morgan fingerprint density at radius 3 is 2.95 bits per heavy atom.